The average molecular weight is 335 g/mol. The lowest BCUT2D eigenvalue weighted by molar-refractivity contribution is -0.392. The van der Waals surface area contributed by atoms with E-state index in [0.29, 0.717) is 27.2 Å². The van der Waals surface area contributed by atoms with E-state index >= 15 is 0 Å². The van der Waals surface area contributed by atoms with Crippen LogP contribution in [0, 0.1) is 10.1 Å². The number of nitrogens with one attached hydrogen (secondary N) is 1. The number of H-pyrrole nitrogens is 1. The van der Waals surface area contributed by atoms with Gasteiger partial charge in [0.05, 0.1) is 25.3 Å². The molecule has 3 rings (SSSR count). The van der Waals surface area contributed by atoms with Gasteiger partial charge < -0.3 is 29.1 Å². The number of aryl methyl sites for hydroxylation is 1. The fourth-order valence-electron chi connectivity index (χ4n) is 2.10. The van der Waals surface area contributed by atoms with Crippen LogP contribution >= 0.6 is 11.8 Å². The lowest BCUT2D eigenvalue weighted by Crippen LogP contribution is -1.93. The predicted molar refractivity (Wildman–Crippen MR) is 83.2 cm³/mol. The van der Waals surface area contributed by atoms with Gasteiger partial charge in [0.15, 0.2) is 21.7 Å². The third-order valence-electron chi connectivity index (χ3n) is 3.20. The molecule has 1 N–H and O–H groups in total. The molecule has 2 aromatic heterocycles. The van der Waals surface area contributed by atoms with E-state index in [-0.39, 0.29) is 5.82 Å². The molecule has 0 aliphatic rings. The summed E-state index contributed by atoms with van der Waals surface area (Å²) in [6.45, 7) is 0. The fourth-order valence-corrected chi connectivity index (χ4v) is 3.00. The van der Waals surface area contributed by atoms with Gasteiger partial charge in [0.1, 0.15) is 0 Å². The number of aromatic amines is 1. The van der Waals surface area contributed by atoms with E-state index in [1.807, 2.05) is 0 Å². The van der Waals surface area contributed by atoms with Crippen molar-refractivity contribution in [1.82, 2.24) is 19.5 Å². The predicted octanol–water partition coefficient (Wildman–Crippen LogP) is 2.37. The van der Waals surface area contributed by atoms with Gasteiger partial charge in [-0.25, -0.2) is 4.98 Å². The largest absolute Gasteiger partial charge is 0.493 e. The van der Waals surface area contributed by atoms with Crippen molar-refractivity contribution in [2.45, 2.75) is 10.2 Å². The monoisotopic (exact) mass is 335 g/mol. The van der Waals surface area contributed by atoms with Crippen LogP contribution < -0.4 is 9.47 Å². The Bertz CT molecular complexity index is 847. The number of methoxy groups -OCH3 is 2. The minimum atomic E-state index is -0.517. The summed E-state index contributed by atoms with van der Waals surface area (Å²) in [5.74, 6) is 0.939. The summed E-state index contributed by atoms with van der Waals surface area (Å²) in [4.78, 5) is 21.8. The molecule has 9 nitrogen and oxygen atoms in total. The highest BCUT2D eigenvalue weighted by atomic mass is 32.2. The number of hydrogen-bond donors (Lipinski definition) is 1. The molecule has 0 spiro atoms. The number of aromatic nitrogens is 4. The first-order valence-corrected chi connectivity index (χ1v) is 7.30. The van der Waals surface area contributed by atoms with Crippen molar-refractivity contribution >= 4 is 28.6 Å². The average Bonchev–Trinajstić information content (AvgIpc) is 3.09. The number of benzene rings is 1. The zero-order chi connectivity index (χ0) is 16.6. The molecule has 3 aromatic rings. The fraction of sp³-hybridized carbons (Fsp3) is 0.231. The van der Waals surface area contributed by atoms with Gasteiger partial charge in [0.2, 0.25) is 6.33 Å². The Morgan fingerprint density at radius 3 is 2.65 bits per heavy atom. The maximum Gasteiger partial charge on any atom is 0.396 e. The van der Waals surface area contributed by atoms with Crippen molar-refractivity contribution in [3.05, 3.63) is 28.6 Å². The van der Waals surface area contributed by atoms with E-state index in [4.69, 9.17) is 9.47 Å². The smallest absolute Gasteiger partial charge is 0.396 e. The molecule has 0 aliphatic heterocycles. The van der Waals surface area contributed by atoms with Crippen molar-refractivity contribution in [3.63, 3.8) is 0 Å². The Hall–Kier alpha value is -2.75. The van der Waals surface area contributed by atoms with Crippen LogP contribution in [0.2, 0.25) is 0 Å². The number of nitro groups is 1. The molecular formula is C13H13N5O4S. The molecule has 0 saturated carbocycles. The van der Waals surface area contributed by atoms with E-state index in [0.717, 1.165) is 17.3 Å². The normalized spacial score (nSPS) is 10.9. The van der Waals surface area contributed by atoms with Gasteiger partial charge in [0, 0.05) is 19.2 Å². The van der Waals surface area contributed by atoms with E-state index in [9.17, 15) is 10.1 Å². The molecule has 1 aromatic carbocycles. The van der Waals surface area contributed by atoms with Crippen LogP contribution in [0.5, 0.6) is 11.5 Å². The van der Waals surface area contributed by atoms with Crippen molar-refractivity contribution < 1.29 is 14.4 Å². The summed E-state index contributed by atoms with van der Waals surface area (Å²) >= 11 is 1.14. The van der Waals surface area contributed by atoms with Crippen LogP contribution in [0.4, 0.5) is 5.82 Å². The molecule has 0 unspecified atom stereocenters. The maximum atomic E-state index is 11.0. The Labute approximate surface area is 134 Å². The zero-order valence-corrected chi connectivity index (χ0v) is 13.4. The molecule has 0 amide bonds. The topological polar surface area (TPSA) is 108 Å². The standard InChI is InChI=1S/C13H13N5O4S/c1-17-6-14-11(18(19)20)12(17)23-13-15-7-4-9(21-2)10(22-3)5-8(7)16-13/h4-6H,1-3H3,(H,15,16). The first-order chi connectivity index (χ1) is 11.0. The van der Waals surface area contributed by atoms with Crippen molar-refractivity contribution in [2.24, 2.45) is 7.05 Å². The van der Waals surface area contributed by atoms with Gasteiger partial charge in [-0.3, -0.25) is 0 Å². The quantitative estimate of drug-likeness (QED) is 0.563. The first-order valence-electron chi connectivity index (χ1n) is 6.48. The molecule has 0 radical (unpaired) electrons. The number of ether oxygens (including phenoxy) is 2. The van der Waals surface area contributed by atoms with Crippen molar-refractivity contribution in [2.75, 3.05) is 14.2 Å². The molecule has 2 heterocycles. The molecule has 0 atom stereocenters. The van der Waals surface area contributed by atoms with Gasteiger partial charge in [0.25, 0.3) is 0 Å². The zero-order valence-electron chi connectivity index (χ0n) is 12.6. The maximum absolute atomic E-state index is 11.0. The molecule has 0 aliphatic carbocycles. The highest BCUT2D eigenvalue weighted by Gasteiger charge is 2.22. The molecule has 0 bridgehead atoms. The van der Waals surface area contributed by atoms with Gasteiger partial charge in [-0.15, -0.1) is 0 Å². The van der Waals surface area contributed by atoms with Crippen LogP contribution in [-0.2, 0) is 7.05 Å². The van der Waals surface area contributed by atoms with E-state index in [2.05, 4.69) is 15.0 Å². The summed E-state index contributed by atoms with van der Waals surface area (Å²) in [6.07, 6.45) is 1.40. The Morgan fingerprint density at radius 2 is 2.00 bits per heavy atom. The second-order valence-corrected chi connectivity index (χ2v) is 5.59. The van der Waals surface area contributed by atoms with Crippen LogP contribution in [0.25, 0.3) is 11.0 Å². The van der Waals surface area contributed by atoms with Crippen LogP contribution in [-0.4, -0.2) is 38.7 Å². The Balaban J connectivity index is 2.02. The van der Waals surface area contributed by atoms with Gasteiger partial charge in [-0.2, -0.15) is 0 Å². The second-order valence-electron chi connectivity index (χ2n) is 4.61. The minimum absolute atomic E-state index is 0.201. The SMILES string of the molecule is COc1cc2nc(Sc3c([N+](=O)[O-])ncn3C)[nH]c2cc1OC. The minimum Gasteiger partial charge on any atom is -0.493 e. The third kappa shape index (κ3) is 2.68. The van der Waals surface area contributed by atoms with E-state index in [1.54, 1.807) is 38.0 Å². The lowest BCUT2D eigenvalue weighted by Gasteiger charge is -2.06. The van der Waals surface area contributed by atoms with Crippen LogP contribution in [0.3, 0.4) is 0 Å². The van der Waals surface area contributed by atoms with Crippen LogP contribution in [0.15, 0.2) is 28.6 Å². The second kappa shape index (κ2) is 5.80. The Morgan fingerprint density at radius 1 is 1.30 bits per heavy atom. The molecule has 0 saturated heterocycles. The van der Waals surface area contributed by atoms with Gasteiger partial charge in [-0.1, -0.05) is 0 Å². The van der Waals surface area contributed by atoms with Crippen molar-refractivity contribution in [1.29, 1.82) is 0 Å². The summed E-state index contributed by atoms with van der Waals surface area (Å²) in [5.41, 5.74) is 1.42. The lowest BCUT2D eigenvalue weighted by atomic mass is 10.3. The van der Waals surface area contributed by atoms with E-state index in [1.165, 1.54) is 6.33 Å². The summed E-state index contributed by atoms with van der Waals surface area (Å²) in [7, 11) is 4.79. The van der Waals surface area contributed by atoms with Crippen LogP contribution in [0.1, 0.15) is 0 Å². The van der Waals surface area contributed by atoms with E-state index < -0.39 is 4.92 Å². The molecule has 10 heteroatoms. The van der Waals surface area contributed by atoms with Gasteiger partial charge in [-0.05, 0) is 21.7 Å². The first kappa shape index (κ1) is 15.2. The number of imidazole rings is 2. The van der Waals surface area contributed by atoms with Crippen molar-refractivity contribution in [3.8, 4) is 11.5 Å². The number of rotatable bonds is 5. The molecule has 23 heavy (non-hydrogen) atoms. The van der Waals surface area contributed by atoms with Gasteiger partial charge >= 0.3 is 5.82 Å². The summed E-state index contributed by atoms with van der Waals surface area (Å²) in [6, 6.07) is 3.51. The summed E-state index contributed by atoms with van der Waals surface area (Å²) < 4.78 is 12.1. The summed E-state index contributed by atoms with van der Waals surface area (Å²) in [5, 5.41) is 11.9. The molecule has 120 valence electrons. The number of nitrogens with zero attached hydrogens (tertiary/aromatic N) is 4. The Kier molecular flexibility index (Phi) is 3.82. The molecular weight excluding hydrogens is 322 g/mol. The number of hydrogen-bond acceptors (Lipinski definition) is 7. The highest BCUT2D eigenvalue weighted by molar-refractivity contribution is 7.99. The third-order valence-corrected chi connectivity index (χ3v) is 4.25. The number of fused-ring (bicyclic) bond motifs is 1. The highest BCUT2D eigenvalue weighted by Crippen LogP contribution is 2.36. The molecule has 0 fully saturated rings.